The molecule has 5 rings (SSSR count). The standard InChI is InChI=1S/C37H41N9O10.C2H6S/c1-46(27-9-10-29(48)43-36(27)51)37(52)25-3-2-4-28(26(25)20-47)56-21-30(49)40-13-14-53-15-16-54-17-18-55-31-19-24(11-12-41-31)42-35-32(34(39)50)33(44-45-35)22-5-7-23(38)8-6-22;1-2-3/h2-8,11-12,19-20,27H,9-10,13-18,21,38H2,1H3,(H2,39,50)(H,40,49)(H,43,48,51)(H2,41,42,44,45);3H,2H2,1H3. The number of nitrogen functional groups attached to an aromatic ring is 1. The Morgan fingerprint density at radius 3 is 2.42 bits per heavy atom. The summed E-state index contributed by atoms with van der Waals surface area (Å²) in [7, 11) is 1.41. The molecule has 5 amide bonds. The van der Waals surface area contributed by atoms with Gasteiger partial charge in [-0.15, -0.1) is 0 Å². The van der Waals surface area contributed by atoms with Crippen molar-refractivity contribution in [3.8, 4) is 22.9 Å². The van der Waals surface area contributed by atoms with Crippen LogP contribution in [0.25, 0.3) is 11.3 Å². The molecule has 4 aromatic rings. The number of aromatic nitrogens is 3. The van der Waals surface area contributed by atoms with Crippen LogP contribution in [0.1, 0.15) is 50.8 Å². The highest BCUT2D eigenvalue weighted by molar-refractivity contribution is 7.80. The summed E-state index contributed by atoms with van der Waals surface area (Å²) in [5.41, 5.74) is 13.8. The number of nitrogens with two attached hydrogens (primary N) is 2. The molecule has 0 spiro atoms. The molecule has 1 aliphatic heterocycles. The number of piperidine rings is 1. The molecule has 314 valence electrons. The van der Waals surface area contributed by atoms with Crippen LogP contribution in [0.15, 0.2) is 60.8 Å². The first-order valence-electron chi connectivity index (χ1n) is 18.4. The number of carbonyl (C=O) groups is 6. The zero-order chi connectivity index (χ0) is 42.7. The third kappa shape index (κ3) is 13.3. The fourth-order valence-corrected chi connectivity index (χ4v) is 5.58. The molecule has 1 aliphatic rings. The average Bonchev–Trinajstić information content (AvgIpc) is 3.64. The highest BCUT2D eigenvalue weighted by atomic mass is 32.1. The van der Waals surface area contributed by atoms with Gasteiger partial charge < -0.3 is 45.9 Å². The first-order chi connectivity index (χ1) is 28.5. The maximum atomic E-state index is 13.1. The molecule has 2 aromatic carbocycles. The Hall–Kier alpha value is -6.51. The Morgan fingerprint density at radius 2 is 1.73 bits per heavy atom. The van der Waals surface area contributed by atoms with Crippen molar-refractivity contribution in [1.82, 2.24) is 30.7 Å². The summed E-state index contributed by atoms with van der Waals surface area (Å²) < 4.78 is 22.2. The summed E-state index contributed by atoms with van der Waals surface area (Å²) in [6, 6.07) is 13.7. The van der Waals surface area contributed by atoms with E-state index < -0.39 is 42.2 Å². The van der Waals surface area contributed by atoms with Crippen molar-refractivity contribution < 1.29 is 47.7 Å². The minimum Gasteiger partial charge on any atom is -0.483 e. The Kier molecular flexibility index (Phi) is 17.6. The number of ether oxygens (including phenoxy) is 4. The quantitative estimate of drug-likeness (QED) is 0.0221. The fourth-order valence-electron chi connectivity index (χ4n) is 5.58. The molecule has 59 heavy (non-hydrogen) atoms. The second kappa shape index (κ2) is 23.0. The number of thiol groups is 1. The summed E-state index contributed by atoms with van der Waals surface area (Å²) >= 11 is 3.79. The number of likely N-dealkylation sites (N-methyl/N-ethyl adjacent to an activating group) is 1. The normalized spacial score (nSPS) is 13.3. The highest BCUT2D eigenvalue weighted by Gasteiger charge is 2.33. The molecule has 3 heterocycles. The Labute approximate surface area is 345 Å². The molecule has 1 unspecified atom stereocenters. The number of amides is 5. The number of primary amides is 1. The van der Waals surface area contributed by atoms with Crippen molar-refractivity contribution in [2.45, 2.75) is 25.8 Å². The zero-order valence-corrected chi connectivity index (χ0v) is 33.4. The Morgan fingerprint density at radius 1 is 1.02 bits per heavy atom. The third-order valence-electron chi connectivity index (χ3n) is 8.40. The largest absolute Gasteiger partial charge is 0.483 e. The summed E-state index contributed by atoms with van der Waals surface area (Å²) in [6.45, 7) is 2.90. The van der Waals surface area contributed by atoms with Crippen molar-refractivity contribution in [1.29, 1.82) is 0 Å². The van der Waals surface area contributed by atoms with E-state index in [2.05, 4.69) is 43.8 Å². The van der Waals surface area contributed by atoms with E-state index in [1.165, 1.54) is 36.3 Å². The number of imide groups is 1. The van der Waals surface area contributed by atoms with Gasteiger partial charge in [0, 0.05) is 49.2 Å². The van der Waals surface area contributed by atoms with Crippen LogP contribution in [0.3, 0.4) is 0 Å². The van der Waals surface area contributed by atoms with Crippen LogP contribution in [-0.4, -0.2) is 121 Å². The average molecular weight is 834 g/mol. The van der Waals surface area contributed by atoms with Crippen LogP contribution in [0.5, 0.6) is 11.6 Å². The number of anilines is 3. The van der Waals surface area contributed by atoms with E-state index in [0.29, 0.717) is 34.8 Å². The number of pyridine rings is 1. The number of hydrogen-bond donors (Lipinski definition) is 7. The van der Waals surface area contributed by atoms with Gasteiger partial charge in [-0.2, -0.15) is 17.7 Å². The van der Waals surface area contributed by atoms with E-state index in [0.717, 1.165) is 5.75 Å². The number of carbonyl (C=O) groups excluding carboxylic acids is 6. The molecule has 0 radical (unpaired) electrons. The van der Waals surface area contributed by atoms with Crippen LogP contribution in [0.4, 0.5) is 17.2 Å². The lowest BCUT2D eigenvalue weighted by molar-refractivity contribution is -0.136. The molecule has 0 bridgehead atoms. The van der Waals surface area contributed by atoms with E-state index in [4.69, 9.17) is 30.4 Å². The van der Waals surface area contributed by atoms with Crippen molar-refractivity contribution in [3.63, 3.8) is 0 Å². The predicted octanol–water partition coefficient (Wildman–Crippen LogP) is 2.13. The summed E-state index contributed by atoms with van der Waals surface area (Å²) in [6.07, 6.45) is 2.22. The lowest BCUT2D eigenvalue weighted by Gasteiger charge is -2.30. The number of benzene rings is 2. The lowest BCUT2D eigenvalue weighted by atomic mass is 10.0. The van der Waals surface area contributed by atoms with Gasteiger partial charge >= 0.3 is 0 Å². The molecule has 0 aliphatic carbocycles. The number of aldehydes is 1. The highest BCUT2D eigenvalue weighted by Crippen LogP contribution is 2.30. The van der Waals surface area contributed by atoms with Crippen LogP contribution >= 0.6 is 12.6 Å². The molecule has 2 aromatic heterocycles. The van der Waals surface area contributed by atoms with Crippen LogP contribution in [-0.2, 0) is 23.9 Å². The first-order valence-corrected chi connectivity index (χ1v) is 19.0. The Bertz CT molecular complexity index is 2080. The third-order valence-corrected chi connectivity index (χ3v) is 8.40. The summed E-state index contributed by atoms with van der Waals surface area (Å²) in [4.78, 5) is 78.8. The van der Waals surface area contributed by atoms with E-state index in [-0.39, 0.29) is 80.7 Å². The number of nitrogens with one attached hydrogen (secondary N) is 4. The minimum absolute atomic E-state index is 0.0108. The number of nitrogens with zero attached hydrogens (tertiary/aromatic N) is 3. The van der Waals surface area contributed by atoms with Crippen molar-refractivity contribution in [2.75, 3.05) is 70.0 Å². The van der Waals surface area contributed by atoms with Gasteiger partial charge in [-0.25, -0.2) is 4.98 Å². The SMILES string of the molecule is CCS.CN(C(=O)c1cccc(OCC(=O)NCCOCCOCCOc2cc(Nc3n[nH]c(-c4ccc(N)cc4)c3C(N)=O)ccn2)c1C=O)C1CCC(=O)NC1=O. The molecule has 20 heteroatoms. The van der Waals surface area contributed by atoms with Gasteiger partial charge in [0.1, 0.15) is 24.0 Å². The lowest BCUT2D eigenvalue weighted by Crippen LogP contribution is -2.53. The zero-order valence-electron chi connectivity index (χ0n) is 32.5. The van der Waals surface area contributed by atoms with Crippen LogP contribution < -0.4 is 36.9 Å². The van der Waals surface area contributed by atoms with Crippen LogP contribution in [0.2, 0.25) is 0 Å². The number of hydrogen-bond acceptors (Lipinski definition) is 15. The van der Waals surface area contributed by atoms with Gasteiger partial charge in [0.05, 0.1) is 43.2 Å². The fraction of sp³-hybridized carbons (Fsp3) is 0.333. The smallest absolute Gasteiger partial charge is 0.258 e. The topological polar surface area (TPSA) is 272 Å². The monoisotopic (exact) mass is 833 g/mol. The van der Waals surface area contributed by atoms with Gasteiger partial charge in [0.25, 0.3) is 17.7 Å². The summed E-state index contributed by atoms with van der Waals surface area (Å²) in [5.74, 6) is -1.26. The minimum atomic E-state index is -0.874. The number of aromatic amines is 1. The molecule has 1 fully saturated rings. The van der Waals surface area contributed by atoms with Crippen molar-refractivity contribution in [3.05, 3.63) is 77.5 Å². The van der Waals surface area contributed by atoms with Gasteiger partial charge in [0.2, 0.25) is 17.7 Å². The van der Waals surface area contributed by atoms with Gasteiger partial charge in [0.15, 0.2) is 18.7 Å². The molecule has 8 N–H and O–H groups in total. The number of rotatable bonds is 20. The predicted molar refractivity (Wildman–Crippen MR) is 220 cm³/mol. The second-order valence-corrected chi connectivity index (χ2v) is 13.2. The van der Waals surface area contributed by atoms with E-state index in [9.17, 15) is 28.8 Å². The molecule has 19 nitrogen and oxygen atoms in total. The van der Waals surface area contributed by atoms with Crippen LogP contribution in [0, 0.1) is 0 Å². The van der Waals surface area contributed by atoms with Gasteiger partial charge in [-0.1, -0.05) is 25.1 Å². The summed E-state index contributed by atoms with van der Waals surface area (Å²) in [5, 5.41) is 15.0. The number of H-pyrrole nitrogens is 1. The van der Waals surface area contributed by atoms with Crippen molar-refractivity contribution >= 4 is 65.6 Å². The second-order valence-electron chi connectivity index (χ2n) is 12.6. The van der Waals surface area contributed by atoms with E-state index in [1.807, 2.05) is 6.92 Å². The molecule has 0 saturated carbocycles. The van der Waals surface area contributed by atoms with Gasteiger partial charge in [-0.3, -0.25) is 39.2 Å². The maximum Gasteiger partial charge on any atom is 0.258 e. The van der Waals surface area contributed by atoms with Gasteiger partial charge in [-0.05, 0) is 42.5 Å². The van der Waals surface area contributed by atoms with Crippen molar-refractivity contribution in [2.24, 2.45) is 5.73 Å². The molecular formula is C39H47N9O10S. The molecular weight excluding hydrogens is 787 g/mol. The first kappa shape index (κ1) is 45.2. The molecule has 1 atom stereocenters. The molecule has 1 saturated heterocycles. The van der Waals surface area contributed by atoms with E-state index in [1.54, 1.807) is 36.4 Å². The maximum absolute atomic E-state index is 13.1. The Balaban J connectivity index is 0.00000248. The van der Waals surface area contributed by atoms with E-state index >= 15 is 0 Å².